The van der Waals surface area contributed by atoms with Crippen LogP contribution in [0.2, 0.25) is 39.3 Å². The second kappa shape index (κ2) is 17.4. The Hall–Kier alpha value is -5.69. The zero-order chi connectivity index (χ0) is 47.7. The van der Waals surface area contributed by atoms with Crippen LogP contribution in [0.4, 0.5) is 34.1 Å². The van der Waals surface area contributed by atoms with Crippen LogP contribution >= 0.6 is 0 Å². The molecule has 0 saturated carbocycles. The van der Waals surface area contributed by atoms with Gasteiger partial charge in [0.25, 0.3) is 0 Å². The molecule has 0 bridgehead atoms. The Kier molecular flexibility index (Phi) is 12.1. The molecule has 8 aromatic carbocycles. The molecule has 8 aromatic rings. The highest BCUT2D eigenvalue weighted by molar-refractivity contribution is 7.00. The summed E-state index contributed by atoms with van der Waals surface area (Å²) in [7, 11) is -4.22. The van der Waals surface area contributed by atoms with Crippen molar-refractivity contribution >= 4 is 71.8 Å². The van der Waals surface area contributed by atoms with E-state index in [0.29, 0.717) is 23.7 Å². The number of benzene rings is 8. The fraction of sp³-hybridized carbons (Fsp3) is 0.302. The molecule has 0 radical (unpaired) electrons. The third kappa shape index (κ3) is 7.88. The topological polar surface area (TPSA) is 6.48 Å². The Balaban J connectivity index is 1.31. The molecule has 0 aromatic heterocycles. The Morgan fingerprint density at radius 1 is 0.373 bits per heavy atom. The first kappa shape index (κ1) is 46.4. The van der Waals surface area contributed by atoms with Crippen LogP contribution in [-0.4, -0.2) is 16.1 Å². The molecule has 342 valence electrons. The molecule has 0 heterocycles. The van der Waals surface area contributed by atoms with Crippen molar-refractivity contribution in [2.75, 3.05) is 9.80 Å². The van der Waals surface area contributed by atoms with Crippen molar-refractivity contribution < 1.29 is 0 Å². The van der Waals surface area contributed by atoms with E-state index < -0.39 is 16.1 Å². The lowest BCUT2D eigenvalue weighted by Gasteiger charge is -2.52. The molecule has 9 rings (SSSR count). The summed E-state index contributed by atoms with van der Waals surface area (Å²) in [5.41, 5.74) is 18.5. The highest BCUT2D eigenvalue weighted by atomic mass is 28.4. The zero-order valence-electron chi connectivity index (χ0n) is 42.7. The van der Waals surface area contributed by atoms with Gasteiger partial charge in [-0.15, -0.1) is 0 Å². The van der Waals surface area contributed by atoms with Gasteiger partial charge in [0.15, 0.2) is 0 Å². The molecule has 0 spiro atoms. The molecule has 0 aliphatic heterocycles. The van der Waals surface area contributed by atoms with Crippen LogP contribution in [-0.2, 0) is 4.66 Å². The minimum absolute atomic E-state index is 0.0990. The van der Waals surface area contributed by atoms with Crippen LogP contribution in [0.3, 0.4) is 0 Å². The molecule has 0 saturated heterocycles. The summed E-state index contributed by atoms with van der Waals surface area (Å²) in [6.45, 7) is 34.2. The first-order valence-electron chi connectivity index (χ1n) is 25.0. The SMILES string of the molecule is CC(C)c1ccc(N(c2ccc(C(C)C)cc2)c2ccc3c4c(ccc3c2)-c2c(cc(N(c3ccc(C(C)C)cc3)c3ccc(C(C)C)cc3)c3ccccc23)C4([Si](C)(C)C)[Si](C)(C)C)cc1. The van der Waals surface area contributed by atoms with Crippen molar-refractivity contribution in [1.29, 1.82) is 0 Å². The van der Waals surface area contributed by atoms with Gasteiger partial charge in [0.2, 0.25) is 0 Å². The number of nitrogens with zero attached hydrogens (tertiary/aromatic N) is 2. The van der Waals surface area contributed by atoms with E-state index >= 15 is 0 Å². The average molecular weight is 913 g/mol. The summed E-state index contributed by atoms with van der Waals surface area (Å²) in [5, 5.41) is 5.32. The molecule has 0 amide bonds. The van der Waals surface area contributed by atoms with Crippen molar-refractivity contribution in [3.8, 4) is 11.1 Å². The second-order valence-corrected chi connectivity index (χ2v) is 33.7. The lowest BCUT2D eigenvalue weighted by molar-refractivity contribution is 0.866. The summed E-state index contributed by atoms with van der Waals surface area (Å²) < 4.78 is -0.0990. The van der Waals surface area contributed by atoms with Crippen molar-refractivity contribution in [1.82, 2.24) is 0 Å². The lowest BCUT2D eigenvalue weighted by atomic mass is 9.94. The Morgan fingerprint density at radius 2 is 0.761 bits per heavy atom. The fourth-order valence-corrected chi connectivity index (χ4v) is 25.0. The maximum Gasteiger partial charge on any atom is 0.0579 e. The normalized spacial score (nSPS) is 13.6. The van der Waals surface area contributed by atoms with E-state index in [-0.39, 0.29) is 4.66 Å². The number of fused-ring (bicyclic) bond motifs is 7. The quantitative estimate of drug-likeness (QED) is 0.113. The lowest BCUT2D eigenvalue weighted by Crippen LogP contribution is -2.63. The number of anilines is 6. The Morgan fingerprint density at radius 3 is 1.16 bits per heavy atom. The Labute approximate surface area is 404 Å². The summed E-state index contributed by atoms with van der Waals surface area (Å²) >= 11 is 0. The van der Waals surface area contributed by atoms with Crippen molar-refractivity contribution in [2.45, 2.75) is 123 Å². The number of hydrogen-bond donors (Lipinski definition) is 0. The van der Waals surface area contributed by atoms with Crippen molar-refractivity contribution in [3.63, 3.8) is 0 Å². The number of rotatable bonds is 12. The van der Waals surface area contributed by atoms with Crippen LogP contribution in [0, 0.1) is 0 Å². The fourth-order valence-electron chi connectivity index (χ4n) is 11.9. The van der Waals surface area contributed by atoms with E-state index in [9.17, 15) is 0 Å². The zero-order valence-corrected chi connectivity index (χ0v) is 44.7. The maximum atomic E-state index is 2.67. The monoisotopic (exact) mass is 913 g/mol. The highest BCUT2D eigenvalue weighted by Crippen LogP contribution is 2.62. The molecule has 4 heteroatoms. The summed E-state index contributed by atoms with van der Waals surface area (Å²) in [5.74, 6) is 1.87. The molecule has 67 heavy (non-hydrogen) atoms. The molecular weight excluding hydrogens is 841 g/mol. The van der Waals surface area contributed by atoms with Gasteiger partial charge in [-0.25, -0.2) is 0 Å². The molecule has 0 atom stereocenters. The predicted octanol–water partition coefficient (Wildman–Crippen LogP) is 19.4. The van der Waals surface area contributed by atoms with Gasteiger partial charge in [-0.2, -0.15) is 0 Å². The van der Waals surface area contributed by atoms with Gasteiger partial charge in [-0.05, 0) is 151 Å². The first-order chi connectivity index (χ1) is 31.8. The van der Waals surface area contributed by atoms with Crippen LogP contribution in [0.5, 0.6) is 0 Å². The third-order valence-electron chi connectivity index (χ3n) is 15.1. The first-order valence-corrected chi connectivity index (χ1v) is 32.0. The smallest absolute Gasteiger partial charge is 0.0579 e. The van der Waals surface area contributed by atoms with E-state index in [1.54, 1.807) is 5.56 Å². The van der Waals surface area contributed by atoms with Gasteiger partial charge in [0, 0.05) is 38.5 Å². The van der Waals surface area contributed by atoms with Gasteiger partial charge >= 0.3 is 0 Å². The van der Waals surface area contributed by atoms with Gasteiger partial charge in [-0.1, -0.05) is 186 Å². The summed E-state index contributed by atoms with van der Waals surface area (Å²) in [6, 6.07) is 61.4. The van der Waals surface area contributed by atoms with E-state index in [2.05, 4.69) is 262 Å². The van der Waals surface area contributed by atoms with E-state index in [0.717, 1.165) is 0 Å². The molecule has 2 nitrogen and oxygen atoms in total. The maximum absolute atomic E-state index is 2.67. The standard InChI is InChI=1S/C63H72N2Si2/c1-41(2)45-19-28-50(29-20-45)64(51-30-21-46(22-31-51)42(3)4)54-36-38-55-49(39-54)27-37-58-61-57-18-16-15-17-56(57)60(40-59(61)63(62(55)58,66(9,10)11)67(12,13)14)65(52-32-23-47(24-33-52)43(5)6)53-34-25-48(26-35-53)44(7)8/h15-44H,1-14H3. The largest absolute Gasteiger partial charge is 0.310 e. The van der Waals surface area contributed by atoms with Gasteiger partial charge < -0.3 is 9.80 Å². The average Bonchev–Trinajstić information content (AvgIpc) is 3.63. The van der Waals surface area contributed by atoms with Gasteiger partial charge in [0.1, 0.15) is 0 Å². The summed E-state index contributed by atoms with van der Waals surface area (Å²) in [6.07, 6.45) is 0. The van der Waals surface area contributed by atoms with Crippen LogP contribution < -0.4 is 9.80 Å². The molecular formula is C63H72N2Si2. The molecule has 0 fully saturated rings. The van der Waals surface area contributed by atoms with Crippen molar-refractivity contribution in [2.24, 2.45) is 0 Å². The van der Waals surface area contributed by atoms with Gasteiger partial charge in [0.05, 0.1) is 21.8 Å². The molecule has 0 unspecified atom stereocenters. The highest BCUT2D eigenvalue weighted by Gasteiger charge is 2.60. The summed E-state index contributed by atoms with van der Waals surface area (Å²) in [4.78, 5) is 5.01. The third-order valence-corrected chi connectivity index (χ3v) is 25.1. The molecule has 1 aliphatic rings. The van der Waals surface area contributed by atoms with Crippen LogP contribution in [0.25, 0.3) is 32.7 Å². The number of hydrogen-bond acceptors (Lipinski definition) is 2. The van der Waals surface area contributed by atoms with E-state index in [1.807, 2.05) is 0 Å². The van der Waals surface area contributed by atoms with Crippen LogP contribution in [0.15, 0.2) is 158 Å². The van der Waals surface area contributed by atoms with Crippen molar-refractivity contribution in [3.05, 3.63) is 191 Å². The van der Waals surface area contributed by atoms with Crippen LogP contribution in [0.1, 0.15) is 112 Å². The predicted molar refractivity (Wildman–Crippen MR) is 300 cm³/mol. The minimum atomic E-state index is -2.11. The van der Waals surface area contributed by atoms with Gasteiger partial charge in [-0.3, -0.25) is 0 Å². The van der Waals surface area contributed by atoms with E-state index in [1.165, 1.54) is 94.6 Å². The molecule has 1 aliphatic carbocycles. The van der Waals surface area contributed by atoms with E-state index in [4.69, 9.17) is 0 Å². The Bertz CT molecular complexity index is 2960. The second-order valence-electron chi connectivity index (χ2n) is 22.7. The minimum Gasteiger partial charge on any atom is -0.310 e. The molecule has 0 N–H and O–H groups in total.